The Morgan fingerprint density at radius 2 is 1.45 bits per heavy atom. The van der Waals surface area contributed by atoms with E-state index in [-0.39, 0.29) is 18.6 Å². The van der Waals surface area contributed by atoms with Crippen LogP contribution in [-0.2, 0) is 32.0 Å². The highest BCUT2D eigenvalue weighted by Gasteiger charge is 2.31. The van der Waals surface area contributed by atoms with Crippen molar-refractivity contribution in [1.29, 1.82) is 0 Å². The minimum absolute atomic E-state index is 0.000634. The number of aliphatic hydroxyl groups excluding tert-OH is 1. The molecule has 3 aromatic rings. The van der Waals surface area contributed by atoms with Gasteiger partial charge in [0.2, 0.25) is 17.7 Å². The number of carbonyl (C=O) groups is 4. The van der Waals surface area contributed by atoms with Crippen molar-refractivity contribution in [2.45, 2.75) is 56.3 Å². The summed E-state index contributed by atoms with van der Waals surface area (Å²) in [5.41, 5.74) is 13.8. The molecule has 0 bridgehead atoms. The highest BCUT2D eigenvalue weighted by molar-refractivity contribution is 5.95. The normalized spacial score (nSPS) is 14.0. The molecule has 2 aromatic carbocycles. The molecule has 3 rings (SSSR count). The summed E-state index contributed by atoms with van der Waals surface area (Å²) in [7, 11) is 0. The lowest BCUT2D eigenvalue weighted by Crippen LogP contribution is -2.58. The number of rotatable bonds is 16. The first kappa shape index (κ1) is 32.1. The minimum atomic E-state index is -1.59. The molecule has 0 fully saturated rings. The van der Waals surface area contributed by atoms with Gasteiger partial charge in [0.05, 0.1) is 12.6 Å². The highest BCUT2D eigenvalue weighted by Crippen LogP contribution is 2.20. The summed E-state index contributed by atoms with van der Waals surface area (Å²) in [4.78, 5) is 54.4. The summed E-state index contributed by atoms with van der Waals surface area (Å²) in [6, 6.07) is 8.47. The van der Waals surface area contributed by atoms with Gasteiger partial charge in [-0.1, -0.05) is 36.8 Å². The topological polar surface area (TPSA) is 233 Å². The number of H-pyrrole nitrogens is 1. The van der Waals surface area contributed by atoms with Crippen LogP contribution in [0.3, 0.4) is 0 Å². The molecule has 226 valence electrons. The van der Waals surface area contributed by atoms with Crippen LogP contribution in [0.4, 0.5) is 0 Å². The molecule has 3 amide bonds. The lowest BCUT2D eigenvalue weighted by molar-refractivity contribution is -0.143. The van der Waals surface area contributed by atoms with Gasteiger partial charge in [-0.25, -0.2) is 4.79 Å². The van der Waals surface area contributed by atoms with Gasteiger partial charge in [0, 0.05) is 29.9 Å². The van der Waals surface area contributed by atoms with Crippen LogP contribution in [0.15, 0.2) is 54.7 Å². The van der Waals surface area contributed by atoms with Gasteiger partial charge in [-0.05, 0) is 48.7 Å². The molecule has 0 saturated carbocycles. The largest absolute Gasteiger partial charge is 0.508 e. The number of nitrogens with two attached hydrogens (primary N) is 2. The number of benzene rings is 2. The smallest absolute Gasteiger partial charge is 0.328 e. The zero-order valence-electron chi connectivity index (χ0n) is 23.1. The van der Waals surface area contributed by atoms with Crippen LogP contribution in [0.25, 0.3) is 10.9 Å². The Morgan fingerprint density at radius 1 is 0.833 bits per heavy atom. The molecule has 0 aliphatic rings. The summed E-state index contributed by atoms with van der Waals surface area (Å²) in [6.45, 7) is -0.397. The SMILES string of the molecule is NCCCCC(N)C(=O)NC(Cc1c[nH]c2ccccc12)C(=O)NC(Cc1ccc(O)cc1)C(=O)NC(CO)C(=O)O. The maximum Gasteiger partial charge on any atom is 0.328 e. The minimum Gasteiger partial charge on any atom is -0.508 e. The Kier molecular flexibility index (Phi) is 11.8. The number of aromatic nitrogens is 1. The highest BCUT2D eigenvalue weighted by atomic mass is 16.4. The fourth-order valence-corrected chi connectivity index (χ4v) is 4.46. The Morgan fingerprint density at radius 3 is 2.10 bits per heavy atom. The van der Waals surface area contributed by atoms with Gasteiger partial charge in [0.1, 0.15) is 23.9 Å². The van der Waals surface area contributed by atoms with Crippen molar-refractivity contribution >= 4 is 34.6 Å². The van der Waals surface area contributed by atoms with Crippen LogP contribution in [-0.4, -0.2) is 81.3 Å². The number of phenols is 1. The van der Waals surface area contributed by atoms with Gasteiger partial charge >= 0.3 is 5.97 Å². The monoisotopic (exact) mass is 582 g/mol. The number of aromatic hydroxyl groups is 1. The van der Waals surface area contributed by atoms with E-state index in [9.17, 15) is 34.5 Å². The number of fused-ring (bicyclic) bond motifs is 1. The van der Waals surface area contributed by atoms with Crippen molar-refractivity contribution in [3.8, 4) is 5.75 Å². The second kappa shape index (κ2) is 15.5. The van der Waals surface area contributed by atoms with Crippen molar-refractivity contribution in [3.05, 3.63) is 65.9 Å². The molecule has 0 aliphatic carbocycles. The van der Waals surface area contributed by atoms with Crippen molar-refractivity contribution in [2.75, 3.05) is 13.2 Å². The van der Waals surface area contributed by atoms with E-state index in [2.05, 4.69) is 20.9 Å². The van der Waals surface area contributed by atoms with E-state index < -0.39 is 54.5 Å². The molecule has 1 aromatic heterocycles. The molecule has 0 aliphatic heterocycles. The van der Waals surface area contributed by atoms with Crippen LogP contribution < -0.4 is 27.4 Å². The second-order valence-corrected chi connectivity index (χ2v) is 10.0. The lowest BCUT2D eigenvalue weighted by Gasteiger charge is -2.25. The summed E-state index contributed by atoms with van der Waals surface area (Å²) in [6.07, 6.45) is 3.43. The second-order valence-electron chi connectivity index (χ2n) is 10.0. The van der Waals surface area contributed by atoms with Gasteiger partial charge in [-0.2, -0.15) is 0 Å². The number of carboxylic acid groups (broad SMARTS) is 1. The molecule has 4 unspecified atom stereocenters. The number of hydrogen-bond acceptors (Lipinski definition) is 8. The first-order valence-electron chi connectivity index (χ1n) is 13.7. The third-order valence-electron chi connectivity index (χ3n) is 6.84. The number of hydrogen-bond donors (Lipinski definition) is 9. The van der Waals surface area contributed by atoms with Crippen LogP contribution >= 0.6 is 0 Å². The maximum absolute atomic E-state index is 13.7. The quantitative estimate of drug-likeness (QED) is 0.100. The van der Waals surface area contributed by atoms with E-state index in [0.29, 0.717) is 31.4 Å². The zero-order valence-corrected chi connectivity index (χ0v) is 23.1. The average Bonchev–Trinajstić information content (AvgIpc) is 3.38. The predicted molar refractivity (Wildman–Crippen MR) is 155 cm³/mol. The van der Waals surface area contributed by atoms with E-state index in [0.717, 1.165) is 16.5 Å². The standard InChI is InChI=1S/C29H38N6O7/c30-12-4-3-6-21(31)26(38)33-24(14-18-15-32-22-7-2-1-5-20(18)22)28(40)34-23(13-17-8-10-19(37)11-9-17)27(39)35-25(16-36)29(41)42/h1-2,5,7-11,15,21,23-25,32,36-37H,3-4,6,12-14,16,30-31H2,(H,33,38)(H,34,40)(H,35,39)(H,41,42). The Bertz CT molecular complexity index is 1360. The van der Waals surface area contributed by atoms with E-state index in [1.54, 1.807) is 18.3 Å². The number of unbranched alkanes of at least 4 members (excludes halogenated alkanes) is 1. The molecule has 0 spiro atoms. The van der Waals surface area contributed by atoms with Crippen molar-refractivity contribution in [1.82, 2.24) is 20.9 Å². The molecule has 42 heavy (non-hydrogen) atoms. The molecule has 1 heterocycles. The van der Waals surface area contributed by atoms with Crippen LogP contribution in [0.5, 0.6) is 5.75 Å². The zero-order chi connectivity index (χ0) is 30.6. The van der Waals surface area contributed by atoms with Gasteiger partial charge < -0.3 is 47.7 Å². The fourth-order valence-electron chi connectivity index (χ4n) is 4.46. The van der Waals surface area contributed by atoms with Gasteiger partial charge in [-0.15, -0.1) is 0 Å². The Hall–Kier alpha value is -4.46. The number of carbonyl (C=O) groups excluding carboxylic acids is 3. The van der Waals surface area contributed by atoms with Gasteiger partial charge in [-0.3, -0.25) is 14.4 Å². The molecular weight excluding hydrogens is 544 g/mol. The first-order chi connectivity index (χ1) is 20.1. The number of aliphatic hydroxyl groups is 1. The fraction of sp³-hybridized carbons (Fsp3) is 0.379. The van der Waals surface area contributed by atoms with Crippen molar-refractivity contribution in [3.63, 3.8) is 0 Å². The first-order valence-corrected chi connectivity index (χ1v) is 13.7. The van der Waals surface area contributed by atoms with Crippen LogP contribution in [0.2, 0.25) is 0 Å². The maximum atomic E-state index is 13.7. The van der Waals surface area contributed by atoms with E-state index >= 15 is 0 Å². The van der Waals surface area contributed by atoms with Gasteiger partial charge in [0.25, 0.3) is 0 Å². The third kappa shape index (κ3) is 9.03. The molecule has 0 saturated heterocycles. The number of phenolic OH excluding ortho intramolecular Hbond substituents is 1. The van der Waals surface area contributed by atoms with Crippen LogP contribution in [0.1, 0.15) is 30.4 Å². The summed E-state index contributed by atoms with van der Waals surface area (Å²) in [5, 5.41) is 36.7. The Labute approximate surface area is 242 Å². The number of aromatic amines is 1. The third-order valence-corrected chi connectivity index (χ3v) is 6.84. The van der Waals surface area contributed by atoms with Crippen LogP contribution in [0, 0.1) is 0 Å². The van der Waals surface area contributed by atoms with E-state index in [1.807, 2.05) is 24.3 Å². The molecule has 0 radical (unpaired) electrons. The van der Waals surface area contributed by atoms with Crippen molar-refractivity contribution < 1.29 is 34.5 Å². The molecule has 4 atom stereocenters. The summed E-state index contributed by atoms with van der Waals surface area (Å²) >= 11 is 0. The molecule has 13 heteroatoms. The van der Waals surface area contributed by atoms with E-state index in [4.69, 9.17) is 11.5 Å². The number of para-hydroxylation sites is 1. The van der Waals surface area contributed by atoms with E-state index in [1.165, 1.54) is 12.1 Å². The predicted octanol–water partition coefficient (Wildman–Crippen LogP) is -0.354. The molecular formula is C29H38N6O7. The summed E-state index contributed by atoms with van der Waals surface area (Å²) < 4.78 is 0. The number of carboxylic acids is 1. The number of aliphatic carboxylic acids is 1. The van der Waals surface area contributed by atoms with Gasteiger partial charge in [0.15, 0.2) is 0 Å². The summed E-state index contributed by atoms with van der Waals surface area (Å²) in [5.74, 6) is -3.54. The average molecular weight is 583 g/mol. The number of amides is 3. The number of nitrogens with one attached hydrogen (secondary N) is 4. The van der Waals surface area contributed by atoms with Crippen molar-refractivity contribution in [2.24, 2.45) is 11.5 Å². The molecule has 11 N–H and O–H groups in total. The Balaban J connectivity index is 1.87. The lowest BCUT2D eigenvalue weighted by atomic mass is 10.0. The molecule has 13 nitrogen and oxygen atoms in total.